The van der Waals surface area contributed by atoms with Crippen LogP contribution in [0, 0.1) is 0 Å². The van der Waals surface area contributed by atoms with E-state index in [1.165, 1.54) is 32.3 Å². The highest BCUT2D eigenvalue weighted by Crippen LogP contribution is 2.40. The van der Waals surface area contributed by atoms with Crippen LogP contribution < -0.4 is 10.1 Å². The number of aliphatic hydroxyl groups is 1. The normalized spacial score (nSPS) is 16.8. The summed E-state index contributed by atoms with van der Waals surface area (Å²) >= 11 is 0. The van der Waals surface area contributed by atoms with Crippen molar-refractivity contribution < 1.29 is 23.0 Å². The third kappa shape index (κ3) is 4.43. The summed E-state index contributed by atoms with van der Waals surface area (Å²) in [6.45, 7) is 2.90. The minimum Gasteiger partial charge on any atom is -0.471 e. The van der Waals surface area contributed by atoms with E-state index in [-0.39, 0.29) is 5.95 Å². The summed E-state index contributed by atoms with van der Waals surface area (Å²) < 4.78 is 44.6. The molecule has 1 aliphatic carbocycles. The molecule has 8 heteroatoms. The third-order valence-electron chi connectivity index (χ3n) is 4.25. The molecule has 2 N–H and O–H groups in total. The van der Waals surface area contributed by atoms with Crippen molar-refractivity contribution in [1.82, 2.24) is 9.97 Å². The van der Waals surface area contributed by atoms with E-state index in [9.17, 15) is 18.3 Å². The average molecular weight is 367 g/mol. The first-order chi connectivity index (χ1) is 12.2. The third-order valence-corrected chi connectivity index (χ3v) is 4.25. The van der Waals surface area contributed by atoms with Crippen molar-refractivity contribution in [2.75, 3.05) is 5.32 Å². The second kappa shape index (κ2) is 7.11. The number of hydrogen-bond acceptors (Lipinski definition) is 5. The molecule has 1 saturated carbocycles. The zero-order valence-corrected chi connectivity index (χ0v) is 14.4. The van der Waals surface area contributed by atoms with Gasteiger partial charge >= 0.3 is 6.18 Å². The molecule has 0 unspecified atom stereocenters. The standard InChI is InChI=1S/C18H20F3N3O2/c1-10(25)11(2)26-16-15(18(19,20)21)9-22-17(24-16)23-14-7-5-13(6-8-14)12-3-4-12/h5-12,25H,3-4H2,1-2H3,(H,22,23,24)/t10-,11-/m1/s1. The van der Waals surface area contributed by atoms with Crippen LogP contribution in [0.25, 0.3) is 0 Å². The minimum atomic E-state index is -4.65. The number of anilines is 2. The summed E-state index contributed by atoms with van der Waals surface area (Å²) in [4.78, 5) is 7.59. The molecule has 1 fully saturated rings. The van der Waals surface area contributed by atoms with Gasteiger partial charge in [-0.3, -0.25) is 0 Å². The van der Waals surface area contributed by atoms with E-state index in [0.29, 0.717) is 17.8 Å². The predicted octanol–water partition coefficient (Wildman–Crippen LogP) is 4.26. The number of nitrogens with one attached hydrogen (secondary N) is 1. The van der Waals surface area contributed by atoms with Crippen LogP contribution in [0.1, 0.15) is 43.7 Å². The van der Waals surface area contributed by atoms with E-state index in [0.717, 1.165) is 0 Å². The van der Waals surface area contributed by atoms with Crippen LogP contribution in [0.5, 0.6) is 5.88 Å². The Morgan fingerprint density at radius 2 is 1.85 bits per heavy atom. The molecule has 140 valence electrons. The lowest BCUT2D eigenvalue weighted by atomic mass is 10.1. The van der Waals surface area contributed by atoms with E-state index < -0.39 is 29.8 Å². The Balaban J connectivity index is 1.82. The summed E-state index contributed by atoms with van der Waals surface area (Å²) in [5.74, 6) is -0.00343. The van der Waals surface area contributed by atoms with Crippen LogP contribution in [-0.2, 0) is 6.18 Å². The predicted molar refractivity (Wildman–Crippen MR) is 90.5 cm³/mol. The molecule has 0 saturated heterocycles. The summed E-state index contributed by atoms with van der Waals surface area (Å²) in [5, 5.41) is 12.4. The van der Waals surface area contributed by atoms with Crippen molar-refractivity contribution in [3.05, 3.63) is 41.6 Å². The van der Waals surface area contributed by atoms with Gasteiger partial charge in [0.05, 0.1) is 6.10 Å². The van der Waals surface area contributed by atoms with E-state index in [2.05, 4.69) is 15.3 Å². The van der Waals surface area contributed by atoms with Crippen molar-refractivity contribution in [1.29, 1.82) is 0 Å². The maximum atomic E-state index is 13.1. The van der Waals surface area contributed by atoms with Crippen LogP contribution >= 0.6 is 0 Å². The highest BCUT2D eigenvalue weighted by Gasteiger charge is 2.37. The number of aromatic nitrogens is 2. The first-order valence-corrected chi connectivity index (χ1v) is 8.40. The van der Waals surface area contributed by atoms with Gasteiger partial charge in [0.25, 0.3) is 0 Å². The second-order valence-electron chi connectivity index (χ2n) is 6.50. The van der Waals surface area contributed by atoms with E-state index in [1.54, 1.807) is 0 Å². The number of aliphatic hydroxyl groups excluding tert-OH is 1. The lowest BCUT2D eigenvalue weighted by Crippen LogP contribution is -2.27. The van der Waals surface area contributed by atoms with Gasteiger partial charge in [-0.15, -0.1) is 0 Å². The van der Waals surface area contributed by atoms with Gasteiger partial charge in [-0.05, 0) is 50.3 Å². The van der Waals surface area contributed by atoms with Crippen LogP contribution in [0.3, 0.4) is 0 Å². The molecule has 1 aliphatic rings. The number of hydrogen-bond donors (Lipinski definition) is 2. The zero-order valence-electron chi connectivity index (χ0n) is 14.4. The van der Waals surface area contributed by atoms with Gasteiger partial charge in [-0.1, -0.05) is 12.1 Å². The average Bonchev–Trinajstić information content (AvgIpc) is 3.39. The maximum absolute atomic E-state index is 13.1. The summed E-state index contributed by atoms with van der Waals surface area (Å²) in [6, 6.07) is 7.65. The topological polar surface area (TPSA) is 67.3 Å². The SMILES string of the molecule is C[C@@H](O)[C@@H](C)Oc1nc(Nc2ccc(C3CC3)cc2)ncc1C(F)(F)F. The van der Waals surface area contributed by atoms with Crippen molar-refractivity contribution in [2.45, 2.75) is 51.0 Å². The van der Waals surface area contributed by atoms with Gasteiger partial charge in [-0.2, -0.15) is 18.2 Å². The second-order valence-corrected chi connectivity index (χ2v) is 6.50. The van der Waals surface area contributed by atoms with E-state index in [1.807, 2.05) is 24.3 Å². The van der Waals surface area contributed by atoms with Crippen LogP contribution in [0.4, 0.5) is 24.8 Å². The Kier molecular flexibility index (Phi) is 5.04. The zero-order chi connectivity index (χ0) is 18.9. The number of halogens is 3. The number of nitrogens with zero attached hydrogens (tertiary/aromatic N) is 2. The van der Waals surface area contributed by atoms with Gasteiger partial charge in [0, 0.05) is 11.9 Å². The Morgan fingerprint density at radius 3 is 2.38 bits per heavy atom. The monoisotopic (exact) mass is 367 g/mol. The first kappa shape index (κ1) is 18.4. The lowest BCUT2D eigenvalue weighted by Gasteiger charge is -2.20. The fourth-order valence-corrected chi connectivity index (χ4v) is 2.37. The fraction of sp³-hybridized carbons (Fsp3) is 0.444. The molecular formula is C18H20F3N3O2. The summed E-state index contributed by atoms with van der Waals surface area (Å²) in [7, 11) is 0. The minimum absolute atomic E-state index is 0.00929. The molecule has 0 bridgehead atoms. The van der Waals surface area contributed by atoms with Gasteiger partial charge < -0.3 is 15.2 Å². The number of rotatable bonds is 6. The molecule has 1 heterocycles. The molecule has 0 amide bonds. The van der Waals surface area contributed by atoms with Crippen molar-refractivity contribution in [3.63, 3.8) is 0 Å². The van der Waals surface area contributed by atoms with Gasteiger partial charge in [-0.25, -0.2) is 4.98 Å². The van der Waals surface area contributed by atoms with Crippen molar-refractivity contribution in [2.24, 2.45) is 0 Å². The Labute approximate surface area is 149 Å². The summed E-state index contributed by atoms with van der Waals surface area (Å²) in [6.07, 6.45) is -3.39. The molecule has 1 aromatic carbocycles. The Bertz CT molecular complexity index is 759. The highest BCUT2D eigenvalue weighted by atomic mass is 19.4. The molecular weight excluding hydrogens is 347 g/mol. The molecule has 3 rings (SSSR count). The lowest BCUT2D eigenvalue weighted by molar-refractivity contribution is -0.140. The maximum Gasteiger partial charge on any atom is 0.423 e. The van der Waals surface area contributed by atoms with Gasteiger partial charge in [0.15, 0.2) is 0 Å². The molecule has 0 radical (unpaired) electrons. The van der Waals surface area contributed by atoms with Crippen LogP contribution in [0.15, 0.2) is 30.5 Å². The number of alkyl halides is 3. The van der Waals surface area contributed by atoms with Crippen LogP contribution in [0.2, 0.25) is 0 Å². The smallest absolute Gasteiger partial charge is 0.423 e. The molecule has 5 nitrogen and oxygen atoms in total. The van der Waals surface area contributed by atoms with Gasteiger partial charge in [0.2, 0.25) is 11.8 Å². The highest BCUT2D eigenvalue weighted by molar-refractivity contribution is 5.55. The largest absolute Gasteiger partial charge is 0.471 e. The molecule has 0 spiro atoms. The Hall–Kier alpha value is -2.35. The molecule has 2 atom stereocenters. The van der Waals surface area contributed by atoms with E-state index in [4.69, 9.17) is 4.74 Å². The van der Waals surface area contributed by atoms with Gasteiger partial charge in [0.1, 0.15) is 11.7 Å². The van der Waals surface area contributed by atoms with E-state index >= 15 is 0 Å². The molecule has 2 aromatic rings. The molecule has 26 heavy (non-hydrogen) atoms. The number of ether oxygens (including phenoxy) is 1. The Morgan fingerprint density at radius 1 is 1.19 bits per heavy atom. The first-order valence-electron chi connectivity index (χ1n) is 8.40. The van der Waals surface area contributed by atoms with Crippen molar-refractivity contribution in [3.8, 4) is 5.88 Å². The fourth-order valence-electron chi connectivity index (χ4n) is 2.37. The van der Waals surface area contributed by atoms with Crippen molar-refractivity contribution >= 4 is 11.6 Å². The number of benzene rings is 1. The summed E-state index contributed by atoms with van der Waals surface area (Å²) in [5.41, 5.74) is 0.835. The molecule has 1 aromatic heterocycles. The van der Waals surface area contributed by atoms with Crippen LogP contribution in [-0.4, -0.2) is 27.3 Å². The molecule has 0 aliphatic heterocycles. The quantitative estimate of drug-likeness (QED) is 0.798.